The van der Waals surface area contributed by atoms with E-state index in [1.165, 1.54) is 6.07 Å². The van der Waals surface area contributed by atoms with E-state index < -0.39 is 22.0 Å². The largest absolute Gasteiger partial charge is 0.471 e. The number of hydrogen-bond donors (Lipinski definition) is 2. The zero-order valence-electron chi connectivity index (χ0n) is 24.0. The molecule has 3 aromatic heterocycles. The fourth-order valence-electron chi connectivity index (χ4n) is 5.14. The number of fused-ring (bicyclic) bond motifs is 1. The molecule has 0 bridgehead atoms. The van der Waals surface area contributed by atoms with Crippen molar-refractivity contribution in [2.45, 2.75) is 38.8 Å². The summed E-state index contributed by atoms with van der Waals surface area (Å²) in [6.07, 6.45) is 7.09. The smallest absolute Gasteiger partial charge is 0.285 e. The predicted molar refractivity (Wildman–Crippen MR) is 163 cm³/mol. The van der Waals surface area contributed by atoms with Crippen LogP contribution in [0.25, 0.3) is 10.9 Å². The quantitative estimate of drug-likeness (QED) is 0.277. The number of anilines is 2. The third kappa shape index (κ3) is 6.86. The van der Waals surface area contributed by atoms with Crippen LogP contribution in [0.2, 0.25) is 5.15 Å². The van der Waals surface area contributed by atoms with Gasteiger partial charge >= 0.3 is 0 Å². The van der Waals surface area contributed by atoms with E-state index >= 15 is 0 Å². The number of rotatable bonds is 8. The standard InChI is InChI=1S/C28H31ClN8O5S/c1-16-12-19(17(2)32-21-7-8-22(29)33-25(21)26(38)35-43(4,40)41)24-20(13-16)27(39)36(3)28(34-24)37-11-5-6-18(15-37)42-23-14-30-9-10-31-23/h7-10,12-14,17-18,32H,5-6,11,15H2,1-4H3,(H,35,38)/t17-,18+/m1/s1. The number of piperidine rings is 1. The summed E-state index contributed by atoms with van der Waals surface area (Å²) >= 11 is 6.03. The van der Waals surface area contributed by atoms with E-state index in [4.69, 9.17) is 21.3 Å². The van der Waals surface area contributed by atoms with Crippen molar-refractivity contribution < 1.29 is 17.9 Å². The summed E-state index contributed by atoms with van der Waals surface area (Å²) in [4.78, 5) is 45.7. The molecule has 0 aliphatic carbocycles. The van der Waals surface area contributed by atoms with Crippen LogP contribution in [0.5, 0.6) is 5.88 Å². The first kappa shape index (κ1) is 30.2. The summed E-state index contributed by atoms with van der Waals surface area (Å²) in [5.41, 5.74) is 1.94. The molecule has 1 aliphatic rings. The number of nitrogens with zero attached hydrogens (tertiary/aromatic N) is 6. The molecule has 0 spiro atoms. The molecular formula is C28H31ClN8O5S. The van der Waals surface area contributed by atoms with Crippen molar-refractivity contribution in [1.82, 2.24) is 29.2 Å². The summed E-state index contributed by atoms with van der Waals surface area (Å²) in [6.45, 7) is 4.94. The minimum absolute atomic E-state index is 0.0239. The summed E-state index contributed by atoms with van der Waals surface area (Å²) in [6, 6.07) is 6.28. The highest BCUT2D eigenvalue weighted by Crippen LogP contribution is 2.30. The Balaban J connectivity index is 1.50. The lowest BCUT2D eigenvalue weighted by atomic mass is 10.0. The van der Waals surface area contributed by atoms with E-state index in [-0.39, 0.29) is 28.2 Å². The molecule has 226 valence electrons. The van der Waals surface area contributed by atoms with Gasteiger partial charge in [-0.1, -0.05) is 17.7 Å². The second kappa shape index (κ2) is 12.1. The Morgan fingerprint density at radius 2 is 2.00 bits per heavy atom. The molecule has 5 rings (SSSR count). The lowest BCUT2D eigenvalue weighted by molar-refractivity contribution is 0.0977. The van der Waals surface area contributed by atoms with Crippen LogP contribution in [0.15, 0.2) is 47.7 Å². The van der Waals surface area contributed by atoms with Gasteiger partial charge in [0.25, 0.3) is 11.5 Å². The Labute approximate surface area is 253 Å². The summed E-state index contributed by atoms with van der Waals surface area (Å²) < 4.78 is 32.9. The number of ether oxygens (including phenoxy) is 1. The Bertz CT molecular complexity index is 1850. The van der Waals surface area contributed by atoms with Crippen molar-refractivity contribution in [2.24, 2.45) is 7.05 Å². The zero-order chi connectivity index (χ0) is 30.9. The van der Waals surface area contributed by atoms with Gasteiger partial charge in [0.15, 0.2) is 5.69 Å². The molecule has 0 saturated carbocycles. The molecule has 1 fully saturated rings. The van der Waals surface area contributed by atoms with Gasteiger partial charge in [0.1, 0.15) is 11.3 Å². The molecule has 15 heteroatoms. The molecular weight excluding hydrogens is 596 g/mol. The lowest BCUT2D eigenvalue weighted by Gasteiger charge is -2.34. The van der Waals surface area contributed by atoms with Crippen molar-refractivity contribution in [1.29, 1.82) is 0 Å². The molecule has 43 heavy (non-hydrogen) atoms. The first-order valence-electron chi connectivity index (χ1n) is 13.5. The highest BCUT2D eigenvalue weighted by Gasteiger charge is 2.27. The molecule has 2 N–H and O–H groups in total. The Kier molecular flexibility index (Phi) is 8.51. The first-order chi connectivity index (χ1) is 20.4. The summed E-state index contributed by atoms with van der Waals surface area (Å²) in [7, 11) is -2.14. The third-order valence-electron chi connectivity index (χ3n) is 7.01. The number of aromatic nitrogens is 5. The molecule has 4 heterocycles. The number of amides is 1. The van der Waals surface area contributed by atoms with Crippen LogP contribution >= 0.6 is 11.6 Å². The zero-order valence-corrected chi connectivity index (χ0v) is 25.6. The molecule has 0 unspecified atom stereocenters. The van der Waals surface area contributed by atoms with Crippen molar-refractivity contribution in [3.8, 4) is 5.88 Å². The highest BCUT2D eigenvalue weighted by atomic mass is 35.5. The van der Waals surface area contributed by atoms with Crippen molar-refractivity contribution in [3.05, 3.63) is 75.2 Å². The van der Waals surface area contributed by atoms with Crippen LogP contribution < -0.4 is 25.2 Å². The number of halogens is 1. The maximum absolute atomic E-state index is 13.7. The van der Waals surface area contributed by atoms with Gasteiger partial charge in [-0.2, -0.15) is 0 Å². The van der Waals surface area contributed by atoms with Gasteiger partial charge in [0.05, 0.1) is 41.6 Å². The van der Waals surface area contributed by atoms with Gasteiger partial charge in [-0.3, -0.25) is 19.1 Å². The minimum Gasteiger partial charge on any atom is -0.471 e. The number of benzene rings is 1. The van der Waals surface area contributed by atoms with Crippen molar-refractivity contribution in [3.63, 3.8) is 0 Å². The number of aryl methyl sites for hydroxylation is 1. The summed E-state index contributed by atoms with van der Waals surface area (Å²) in [5.74, 6) is 0.0173. The minimum atomic E-state index is -3.84. The first-order valence-corrected chi connectivity index (χ1v) is 15.8. The van der Waals surface area contributed by atoms with Crippen LogP contribution in [-0.2, 0) is 17.1 Å². The number of sulfonamides is 1. The number of carbonyl (C=O) groups is 1. The average molecular weight is 627 g/mol. The Morgan fingerprint density at radius 3 is 2.72 bits per heavy atom. The molecule has 0 radical (unpaired) electrons. The average Bonchev–Trinajstić information content (AvgIpc) is 2.95. The topological polar surface area (TPSA) is 161 Å². The normalized spacial score (nSPS) is 16.1. The van der Waals surface area contributed by atoms with Gasteiger partial charge in [-0.05, 0) is 50.5 Å². The van der Waals surface area contributed by atoms with E-state index in [1.807, 2.05) is 29.5 Å². The fraction of sp³-hybridized carbons (Fsp3) is 0.357. The van der Waals surface area contributed by atoms with Crippen molar-refractivity contribution in [2.75, 3.05) is 29.6 Å². The van der Waals surface area contributed by atoms with Crippen LogP contribution in [0, 0.1) is 6.92 Å². The maximum atomic E-state index is 13.7. The van der Waals surface area contributed by atoms with Gasteiger partial charge in [-0.15, -0.1) is 0 Å². The van der Waals surface area contributed by atoms with E-state index in [0.29, 0.717) is 41.4 Å². The van der Waals surface area contributed by atoms with Crippen LogP contribution in [0.4, 0.5) is 11.6 Å². The van der Waals surface area contributed by atoms with Gasteiger partial charge in [0.2, 0.25) is 21.9 Å². The summed E-state index contributed by atoms with van der Waals surface area (Å²) in [5, 5.41) is 3.71. The molecule has 4 aromatic rings. The van der Waals surface area contributed by atoms with Gasteiger partial charge < -0.3 is 15.0 Å². The molecule has 1 amide bonds. The van der Waals surface area contributed by atoms with Gasteiger partial charge in [0, 0.05) is 31.5 Å². The van der Waals surface area contributed by atoms with Crippen molar-refractivity contribution >= 4 is 50.1 Å². The van der Waals surface area contributed by atoms with Crippen LogP contribution in [0.1, 0.15) is 47.4 Å². The third-order valence-corrected chi connectivity index (χ3v) is 7.78. The van der Waals surface area contributed by atoms with E-state index in [0.717, 1.165) is 24.7 Å². The number of carbonyl (C=O) groups excluding carboxylic acids is 1. The van der Waals surface area contributed by atoms with Gasteiger partial charge in [-0.25, -0.2) is 28.1 Å². The Hall–Kier alpha value is -4.30. The molecule has 1 aliphatic heterocycles. The second-order valence-corrected chi connectivity index (χ2v) is 12.6. The number of nitrogens with one attached hydrogen (secondary N) is 2. The number of pyridine rings is 1. The highest BCUT2D eigenvalue weighted by molar-refractivity contribution is 7.89. The lowest BCUT2D eigenvalue weighted by Crippen LogP contribution is -2.44. The van der Waals surface area contributed by atoms with E-state index in [2.05, 4.69) is 20.3 Å². The van der Waals surface area contributed by atoms with E-state index in [9.17, 15) is 18.0 Å². The van der Waals surface area contributed by atoms with Crippen LogP contribution in [0.3, 0.4) is 0 Å². The second-order valence-electron chi connectivity index (χ2n) is 10.5. The fourth-order valence-corrected chi connectivity index (χ4v) is 5.72. The Morgan fingerprint density at radius 1 is 1.21 bits per heavy atom. The molecule has 2 atom stereocenters. The monoisotopic (exact) mass is 626 g/mol. The molecule has 1 saturated heterocycles. The number of hydrogen-bond acceptors (Lipinski definition) is 11. The van der Waals surface area contributed by atoms with E-state index in [1.54, 1.807) is 42.3 Å². The van der Waals surface area contributed by atoms with Crippen LogP contribution in [-0.4, -0.2) is 64.3 Å². The SMILES string of the molecule is Cc1cc([C@@H](C)Nc2ccc(Cl)nc2C(=O)NS(C)(=O)=O)c2nc(N3CCC[C@H](Oc4cnccn4)C3)n(C)c(=O)c2c1. The molecule has 13 nitrogen and oxygen atoms in total. The molecule has 1 aromatic carbocycles. The predicted octanol–water partition coefficient (Wildman–Crippen LogP) is 2.99. The maximum Gasteiger partial charge on any atom is 0.285 e.